The number of hydrogen-bond donors (Lipinski definition) is 1. The first-order chi connectivity index (χ1) is 10.3. The lowest BCUT2D eigenvalue weighted by atomic mass is 10.00. The molecule has 1 aliphatic rings. The van der Waals surface area contributed by atoms with Crippen LogP contribution in [0.2, 0.25) is 0 Å². The predicted octanol–water partition coefficient (Wildman–Crippen LogP) is 4.00. The molecule has 0 fully saturated rings. The second kappa shape index (κ2) is 4.74. The van der Waals surface area contributed by atoms with Crippen LogP contribution in [0.1, 0.15) is 23.4 Å². The van der Waals surface area contributed by atoms with Crippen molar-refractivity contribution in [3.63, 3.8) is 0 Å². The van der Waals surface area contributed by atoms with Crippen molar-refractivity contribution < 1.29 is 0 Å². The maximum atomic E-state index is 6.09. The zero-order valence-electron chi connectivity index (χ0n) is 11.9. The third-order valence-corrected chi connectivity index (χ3v) is 5.37. The van der Waals surface area contributed by atoms with Crippen molar-refractivity contribution >= 4 is 33.6 Å². The summed E-state index contributed by atoms with van der Waals surface area (Å²) in [6.45, 7) is 3.31. The van der Waals surface area contributed by atoms with Crippen LogP contribution in [0.5, 0.6) is 0 Å². The Morgan fingerprint density at radius 1 is 1.29 bits per heavy atom. The minimum atomic E-state index is 0.383. The highest BCUT2D eigenvalue weighted by Crippen LogP contribution is 2.39. The van der Waals surface area contributed by atoms with Gasteiger partial charge in [0.25, 0.3) is 0 Å². The van der Waals surface area contributed by atoms with Gasteiger partial charge in [0.1, 0.15) is 0 Å². The summed E-state index contributed by atoms with van der Waals surface area (Å²) in [6.07, 6.45) is 2.95. The molecule has 4 heteroatoms. The smallest absolute Gasteiger partial charge is 0.0956 e. The molecule has 0 saturated heterocycles. The van der Waals surface area contributed by atoms with E-state index in [4.69, 9.17) is 5.73 Å². The fraction of sp³-hybridized carbons (Fsp3) is 0.235. The van der Waals surface area contributed by atoms with Gasteiger partial charge in [0.05, 0.1) is 17.2 Å². The third-order valence-electron chi connectivity index (χ3n) is 4.37. The van der Waals surface area contributed by atoms with E-state index in [1.165, 1.54) is 16.1 Å². The molecule has 1 atom stereocenters. The van der Waals surface area contributed by atoms with Crippen LogP contribution in [-0.4, -0.2) is 11.5 Å². The van der Waals surface area contributed by atoms with E-state index >= 15 is 0 Å². The molecular weight excluding hydrogens is 278 g/mol. The Hall–Kier alpha value is -2.07. The highest BCUT2D eigenvalue weighted by Gasteiger charge is 2.26. The first kappa shape index (κ1) is 12.7. The van der Waals surface area contributed by atoms with Crippen molar-refractivity contribution in [1.82, 2.24) is 4.98 Å². The molecule has 0 spiro atoms. The molecule has 3 aromatic rings. The first-order valence-electron chi connectivity index (χ1n) is 7.22. The summed E-state index contributed by atoms with van der Waals surface area (Å²) in [5, 5.41) is 3.24. The van der Waals surface area contributed by atoms with E-state index in [1.54, 1.807) is 0 Å². The molecule has 3 nitrogen and oxygen atoms in total. The molecule has 1 aromatic carbocycles. The van der Waals surface area contributed by atoms with Crippen LogP contribution in [0.3, 0.4) is 0 Å². The number of nitrogens with two attached hydrogens (primary N) is 1. The summed E-state index contributed by atoms with van der Waals surface area (Å²) in [4.78, 5) is 8.54. The zero-order valence-corrected chi connectivity index (χ0v) is 12.7. The number of fused-ring (bicyclic) bond motifs is 2. The summed E-state index contributed by atoms with van der Waals surface area (Å²) in [6, 6.07) is 10.7. The molecule has 0 bridgehead atoms. The molecule has 1 unspecified atom stereocenters. The van der Waals surface area contributed by atoms with E-state index in [-0.39, 0.29) is 0 Å². The first-order valence-corrected chi connectivity index (χ1v) is 8.10. The lowest BCUT2D eigenvalue weighted by Gasteiger charge is -2.36. The van der Waals surface area contributed by atoms with Gasteiger partial charge in [-0.15, -0.1) is 11.3 Å². The molecule has 2 N–H and O–H groups in total. The fourth-order valence-electron chi connectivity index (χ4n) is 3.25. The van der Waals surface area contributed by atoms with Crippen LogP contribution >= 0.6 is 11.3 Å². The number of nitrogens with zero attached hydrogens (tertiary/aromatic N) is 2. The lowest BCUT2D eigenvalue weighted by Crippen LogP contribution is -2.33. The maximum absolute atomic E-state index is 6.09. The molecule has 0 aliphatic carbocycles. The standard InChI is InChI=1S/C17H17N3S/c1-11-12-7-10-21-16(12)6-9-20(11)15-5-4-14(18)13-3-2-8-19-17(13)15/h2-5,7-8,10-11H,6,9,18H2,1H3. The summed E-state index contributed by atoms with van der Waals surface area (Å²) < 4.78 is 0. The van der Waals surface area contributed by atoms with Gasteiger partial charge in [-0.25, -0.2) is 0 Å². The second-order valence-corrected chi connectivity index (χ2v) is 6.49. The predicted molar refractivity (Wildman–Crippen MR) is 89.9 cm³/mol. The van der Waals surface area contributed by atoms with Gasteiger partial charge in [0, 0.05) is 28.7 Å². The molecule has 0 radical (unpaired) electrons. The number of thiophene rings is 1. The maximum Gasteiger partial charge on any atom is 0.0956 e. The topological polar surface area (TPSA) is 42.1 Å². The minimum Gasteiger partial charge on any atom is -0.398 e. The highest BCUT2D eigenvalue weighted by atomic mass is 32.1. The quantitative estimate of drug-likeness (QED) is 0.690. The molecule has 1 aliphatic heterocycles. The van der Waals surface area contributed by atoms with Gasteiger partial charge in [0.2, 0.25) is 0 Å². The second-order valence-electron chi connectivity index (χ2n) is 5.49. The van der Waals surface area contributed by atoms with Crippen LogP contribution in [0.15, 0.2) is 41.9 Å². The molecule has 0 amide bonds. The summed E-state index contributed by atoms with van der Waals surface area (Å²) in [5.74, 6) is 0. The average molecular weight is 295 g/mol. The van der Waals surface area contributed by atoms with E-state index < -0.39 is 0 Å². The van der Waals surface area contributed by atoms with Crippen LogP contribution < -0.4 is 10.6 Å². The minimum absolute atomic E-state index is 0.383. The number of rotatable bonds is 1. The van der Waals surface area contributed by atoms with Gasteiger partial charge in [0.15, 0.2) is 0 Å². The van der Waals surface area contributed by atoms with E-state index in [0.717, 1.165) is 29.6 Å². The van der Waals surface area contributed by atoms with Crippen molar-refractivity contribution in [1.29, 1.82) is 0 Å². The molecule has 106 valence electrons. The Bertz CT molecular complexity index is 809. The van der Waals surface area contributed by atoms with E-state index in [0.29, 0.717) is 6.04 Å². The van der Waals surface area contributed by atoms with E-state index in [9.17, 15) is 0 Å². The Kier molecular flexibility index (Phi) is 2.86. The van der Waals surface area contributed by atoms with E-state index in [1.807, 2.05) is 35.7 Å². The Balaban J connectivity index is 1.87. The van der Waals surface area contributed by atoms with Crippen molar-refractivity contribution in [2.75, 3.05) is 17.2 Å². The summed E-state index contributed by atoms with van der Waals surface area (Å²) in [7, 11) is 0. The van der Waals surface area contributed by atoms with Crippen LogP contribution in [0.4, 0.5) is 11.4 Å². The lowest BCUT2D eigenvalue weighted by molar-refractivity contribution is 0.634. The van der Waals surface area contributed by atoms with Gasteiger partial charge in [-0.05, 0) is 54.6 Å². The van der Waals surface area contributed by atoms with Crippen LogP contribution in [-0.2, 0) is 6.42 Å². The van der Waals surface area contributed by atoms with Crippen LogP contribution in [0, 0.1) is 0 Å². The monoisotopic (exact) mass is 295 g/mol. The van der Waals surface area contributed by atoms with Gasteiger partial charge in [-0.2, -0.15) is 0 Å². The Labute approximate surface area is 128 Å². The van der Waals surface area contributed by atoms with Crippen molar-refractivity contribution in [2.24, 2.45) is 0 Å². The molecular formula is C17H17N3S. The van der Waals surface area contributed by atoms with E-state index in [2.05, 4.69) is 34.3 Å². The number of aromatic nitrogens is 1. The molecule has 21 heavy (non-hydrogen) atoms. The number of benzene rings is 1. The van der Waals surface area contributed by atoms with Gasteiger partial charge >= 0.3 is 0 Å². The highest BCUT2D eigenvalue weighted by molar-refractivity contribution is 7.10. The van der Waals surface area contributed by atoms with Crippen molar-refractivity contribution in [3.8, 4) is 0 Å². The largest absolute Gasteiger partial charge is 0.398 e. The number of nitrogen functional groups attached to an aromatic ring is 1. The normalized spacial score (nSPS) is 18.0. The Morgan fingerprint density at radius 2 is 2.19 bits per heavy atom. The van der Waals surface area contributed by atoms with Gasteiger partial charge in [-0.3, -0.25) is 4.98 Å². The van der Waals surface area contributed by atoms with Crippen molar-refractivity contribution in [2.45, 2.75) is 19.4 Å². The summed E-state index contributed by atoms with van der Waals surface area (Å²) in [5.41, 5.74) is 10.5. The number of hydrogen-bond acceptors (Lipinski definition) is 4. The van der Waals surface area contributed by atoms with Gasteiger partial charge in [-0.1, -0.05) is 0 Å². The zero-order chi connectivity index (χ0) is 14.4. The molecule has 3 heterocycles. The third kappa shape index (κ3) is 1.90. The average Bonchev–Trinajstić information content (AvgIpc) is 2.99. The van der Waals surface area contributed by atoms with Gasteiger partial charge < -0.3 is 10.6 Å². The Morgan fingerprint density at radius 3 is 3.10 bits per heavy atom. The number of pyridine rings is 1. The fourth-order valence-corrected chi connectivity index (χ4v) is 4.21. The van der Waals surface area contributed by atoms with Crippen LogP contribution in [0.25, 0.3) is 10.9 Å². The van der Waals surface area contributed by atoms with Crippen molar-refractivity contribution in [3.05, 3.63) is 52.3 Å². The molecule has 0 saturated carbocycles. The number of anilines is 2. The SMILES string of the molecule is CC1c2ccsc2CCN1c1ccc(N)c2cccnc12. The summed E-state index contributed by atoms with van der Waals surface area (Å²) >= 11 is 1.87. The molecule has 2 aromatic heterocycles. The molecule has 4 rings (SSSR count).